The van der Waals surface area contributed by atoms with E-state index in [1.54, 1.807) is 0 Å². The summed E-state index contributed by atoms with van der Waals surface area (Å²) in [7, 11) is 0. The predicted molar refractivity (Wildman–Crippen MR) is 54.6 cm³/mol. The molecule has 0 radical (unpaired) electrons. The number of hydrogen-bond donors (Lipinski definition) is 0. The first kappa shape index (κ1) is 10.5. The molecule has 0 unspecified atom stereocenters. The number of hydrogen-bond acceptors (Lipinski definition) is 2. The van der Waals surface area contributed by atoms with Gasteiger partial charge >= 0.3 is 0 Å². The highest BCUT2D eigenvalue weighted by Crippen LogP contribution is 2.01. The lowest BCUT2D eigenvalue weighted by atomic mass is 10.3. The molecule has 74 valence electrons. The summed E-state index contributed by atoms with van der Waals surface area (Å²) in [6.07, 6.45) is 1.04. The topological polar surface area (TPSA) is 10.8 Å². The highest BCUT2D eigenvalue weighted by molar-refractivity contribution is 4.72. The molecule has 0 N–H and O–H groups in total. The Morgan fingerprint density at radius 1 is 1.15 bits per heavy atom. The average molecular weight is 181 g/mol. The Bertz CT molecular complexity index is 165. The van der Waals surface area contributed by atoms with Crippen LogP contribution in [0.5, 0.6) is 0 Å². The molecule has 1 rings (SSSR count). The van der Waals surface area contributed by atoms with Crippen molar-refractivity contribution in [3.63, 3.8) is 0 Å². The van der Waals surface area contributed by atoms with Crippen molar-refractivity contribution in [1.29, 1.82) is 0 Å². The molecule has 0 amide bonds. The lowest BCUT2D eigenvalue weighted by Crippen LogP contribution is -2.46. The Kier molecular flexibility index (Phi) is 4.81. The van der Waals surface area contributed by atoms with E-state index < -0.39 is 0 Å². The fraction of sp³-hybridized carbons (Fsp3) is 0.900. The fourth-order valence-electron chi connectivity index (χ4n) is 1.70. The van der Waals surface area contributed by atoms with E-state index in [0.717, 1.165) is 13.0 Å². The van der Waals surface area contributed by atoms with Crippen molar-refractivity contribution in [3.8, 4) is 0 Å². The molecule has 1 fully saturated rings. The molecule has 0 aromatic carbocycles. The van der Waals surface area contributed by atoms with Crippen molar-refractivity contribution in [2.24, 2.45) is 0 Å². The Morgan fingerprint density at radius 3 is 2.31 bits per heavy atom. The van der Waals surface area contributed by atoms with Crippen LogP contribution in [0.25, 0.3) is 4.85 Å². The molecule has 0 aromatic rings. The first-order valence-electron chi connectivity index (χ1n) is 5.14. The van der Waals surface area contributed by atoms with E-state index in [0.29, 0.717) is 6.54 Å². The SMILES string of the molecule is [C-]#[N+]CCCN1CCN(CC)CC1. The normalized spacial score (nSPS) is 20.0. The van der Waals surface area contributed by atoms with Crippen molar-refractivity contribution < 1.29 is 0 Å². The molecule has 0 aromatic heterocycles. The van der Waals surface area contributed by atoms with Crippen LogP contribution in [0.3, 0.4) is 0 Å². The van der Waals surface area contributed by atoms with Crippen LogP contribution in [0.4, 0.5) is 0 Å². The molecule has 0 spiro atoms. The van der Waals surface area contributed by atoms with Crippen LogP contribution in [0.15, 0.2) is 0 Å². The largest absolute Gasteiger partial charge is 0.317 e. The zero-order valence-electron chi connectivity index (χ0n) is 8.50. The maximum atomic E-state index is 6.68. The number of rotatable bonds is 4. The Hall–Kier alpha value is -0.590. The summed E-state index contributed by atoms with van der Waals surface area (Å²) >= 11 is 0. The van der Waals surface area contributed by atoms with E-state index in [2.05, 4.69) is 21.6 Å². The molecule has 13 heavy (non-hydrogen) atoms. The minimum absolute atomic E-state index is 0.688. The molecule has 3 nitrogen and oxygen atoms in total. The summed E-state index contributed by atoms with van der Waals surface area (Å²) in [6.45, 7) is 16.7. The van der Waals surface area contributed by atoms with Crippen LogP contribution in [0.1, 0.15) is 13.3 Å². The Morgan fingerprint density at radius 2 is 1.77 bits per heavy atom. The van der Waals surface area contributed by atoms with E-state index in [1.807, 2.05) is 0 Å². The van der Waals surface area contributed by atoms with E-state index in [4.69, 9.17) is 6.57 Å². The van der Waals surface area contributed by atoms with Crippen LogP contribution in [0, 0.1) is 6.57 Å². The minimum atomic E-state index is 0.688. The second-order valence-corrected chi connectivity index (χ2v) is 3.51. The summed E-state index contributed by atoms with van der Waals surface area (Å²) in [5.74, 6) is 0. The molecule has 0 aliphatic carbocycles. The molecule has 1 aliphatic rings. The third kappa shape index (κ3) is 3.75. The van der Waals surface area contributed by atoms with E-state index in [-0.39, 0.29) is 0 Å². The average Bonchev–Trinajstić information content (AvgIpc) is 2.19. The van der Waals surface area contributed by atoms with Gasteiger partial charge < -0.3 is 14.6 Å². The van der Waals surface area contributed by atoms with Gasteiger partial charge in [0, 0.05) is 39.1 Å². The molecule has 0 atom stereocenters. The first-order chi connectivity index (χ1) is 6.36. The third-order valence-electron chi connectivity index (χ3n) is 2.66. The van der Waals surface area contributed by atoms with Crippen LogP contribution >= 0.6 is 0 Å². The maximum Gasteiger partial charge on any atom is 0.215 e. The number of likely N-dealkylation sites (N-methyl/N-ethyl adjacent to an activating group) is 1. The first-order valence-corrected chi connectivity index (χ1v) is 5.14. The van der Waals surface area contributed by atoms with Crippen molar-refractivity contribution in [1.82, 2.24) is 9.80 Å². The van der Waals surface area contributed by atoms with Gasteiger partial charge in [-0.3, -0.25) is 0 Å². The van der Waals surface area contributed by atoms with Crippen LogP contribution in [0.2, 0.25) is 0 Å². The molecule has 1 aliphatic heterocycles. The van der Waals surface area contributed by atoms with Gasteiger partial charge in [0.25, 0.3) is 0 Å². The van der Waals surface area contributed by atoms with Gasteiger partial charge in [0.05, 0.1) is 0 Å². The van der Waals surface area contributed by atoms with Gasteiger partial charge in [0.1, 0.15) is 0 Å². The zero-order valence-corrected chi connectivity index (χ0v) is 8.50. The smallest absolute Gasteiger partial charge is 0.215 e. The molecule has 1 heterocycles. The molecule has 3 heteroatoms. The van der Waals surface area contributed by atoms with E-state index in [1.165, 1.54) is 32.7 Å². The number of nitrogens with zero attached hydrogens (tertiary/aromatic N) is 3. The second-order valence-electron chi connectivity index (χ2n) is 3.51. The lowest BCUT2D eigenvalue weighted by molar-refractivity contribution is 0.137. The predicted octanol–water partition coefficient (Wildman–Crippen LogP) is 0.933. The van der Waals surface area contributed by atoms with E-state index in [9.17, 15) is 0 Å². The van der Waals surface area contributed by atoms with Gasteiger partial charge in [-0.1, -0.05) is 6.92 Å². The zero-order chi connectivity index (χ0) is 9.52. The van der Waals surface area contributed by atoms with Gasteiger partial charge in [-0.15, -0.1) is 0 Å². The molecule has 0 saturated carbocycles. The number of piperazine rings is 1. The molecule has 1 saturated heterocycles. The van der Waals surface area contributed by atoms with Gasteiger partial charge in [-0.05, 0) is 6.54 Å². The lowest BCUT2D eigenvalue weighted by Gasteiger charge is -2.33. The maximum absolute atomic E-state index is 6.68. The van der Waals surface area contributed by atoms with Gasteiger partial charge in [-0.2, -0.15) is 0 Å². The van der Waals surface area contributed by atoms with Crippen molar-refractivity contribution in [3.05, 3.63) is 11.4 Å². The van der Waals surface area contributed by atoms with Crippen molar-refractivity contribution >= 4 is 0 Å². The van der Waals surface area contributed by atoms with Gasteiger partial charge in [-0.25, -0.2) is 6.57 Å². The summed E-state index contributed by atoms with van der Waals surface area (Å²) in [4.78, 5) is 8.31. The Labute approximate surface area is 81.1 Å². The monoisotopic (exact) mass is 181 g/mol. The summed E-state index contributed by atoms with van der Waals surface area (Å²) < 4.78 is 0. The van der Waals surface area contributed by atoms with Crippen molar-refractivity contribution in [2.45, 2.75) is 13.3 Å². The highest BCUT2D eigenvalue weighted by atomic mass is 15.3. The molecule has 0 bridgehead atoms. The summed E-state index contributed by atoms with van der Waals surface area (Å²) in [5, 5.41) is 0. The van der Waals surface area contributed by atoms with E-state index >= 15 is 0 Å². The van der Waals surface area contributed by atoms with Gasteiger partial charge in [0.2, 0.25) is 6.54 Å². The fourth-order valence-corrected chi connectivity index (χ4v) is 1.70. The van der Waals surface area contributed by atoms with Crippen LogP contribution in [-0.4, -0.2) is 55.6 Å². The quantitative estimate of drug-likeness (QED) is 0.472. The van der Waals surface area contributed by atoms with Crippen LogP contribution in [-0.2, 0) is 0 Å². The highest BCUT2D eigenvalue weighted by Gasteiger charge is 2.14. The standard InChI is InChI=1S/C10H19N3/c1-3-12-7-9-13(10-8-12)6-4-5-11-2/h3-10H2,1H3. The molecular weight excluding hydrogens is 162 g/mol. The van der Waals surface area contributed by atoms with Crippen molar-refractivity contribution in [2.75, 3.05) is 45.8 Å². The summed E-state index contributed by atoms with van der Waals surface area (Å²) in [5.41, 5.74) is 0. The summed E-state index contributed by atoms with van der Waals surface area (Å²) in [6, 6.07) is 0. The molecular formula is C10H19N3. The Balaban J connectivity index is 2.07. The van der Waals surface area contributed by atoms with Gasteiger partial charge in [0.15, 0.2) is 0 Å². The third-order valence-corrected chi connectivity index (χ3v) is 2.66. The van der Waals surface area contributed by atoms with Crippen LogP contribution < -0.4 is 0 Å². The minimum Gasteiger partial charge on any atom is -0.317 e. The second kappa shape index (κ2) is 5.95.